The predicted octanol–water partition coefficient (Wildman–Crippen LogP) is 1.91. The van der Waals surface area contributed by atoms with E-state index in [1.165, 1.54) is 19.5 Å². The van der Waals surface area contributed by atoms with Gasteiger partial charge in [0.05, 0.1) is 26.0 Å². The highest BCUT2D eigenvalue weighted by Gasteiger charge is 2.27. The van der Waals surface area contributed by atoms with Crippen molar-refractivity contribution in [2.75, 3.05) is 27.0 Å². The van der Waals surface area contributed by atoms with Gasteiger partial charge in [-0.05, 0) is 23.8 Å². The number of rotatable bonds is 5. The second kappa shape index (κ2) is 7.53. The molecule has 0 N–H and O–H groups in total. The van der Waals surface area contributed by atoms with Gasteiger partial charge in [-0.15, -0.1) is 0 Å². The Kier molecular flexibility index (Phi) is 4.78. The number of fused-ring (bicyclic) bond motifs is 1. The maximum Gasteiger partial charge on any atom is 0.246 e. The Bertz CT molecular complexity index is 870. The second-order valence-electron chi connectivity index (χ2n) is 6.16. The van der Waals surface area contributed by atoms with Gasteiger partial charge in [0, 0.05) is 19.0 Å². The molecule has 4 rings (SSSR count). The summed E-state index contributed by atoms with van der Waals surface area (Å²) in [5, 5.41) is 0. The minimum Gasteiger partial charge on any atom is -0.480 e. The lowest BCUT2D eigenvalue weighted by atomic mass is 10.2. The average molecular weight is 369 g/mol. The molecule has 1 amide bonds. The standard InChI is InChI=1S/C19H19N3O5/c1-24-17-9-20-10-18(21-17)27-14-6-7-22(11-14)19(23)5-3-13-2-4-15-16(8-13)26-12-25-15/h2-5,8-10,14H,6-7,11-12H2,1H3/b5-3+/t14-/m0/s1. The Morgan fingerprint density at radius 2 is 2.11 bits per heavy atom. The smallest absolute Gasteiger partial charge is 0.246 e. The number of ether oxygens (including phenoxy) is 4. The monoisotopic (exact) mass is 369 g/mol. The van der Waals surface area contributed by atoms with Crippen molar-refractivity contribution >= 4 is 12.0 Å². The largest absolute Gasteiger partial charge is 0.480 e. The molecule has 0 saturated carbocycles. The molecule has 3 heterocycles. The van der Waals surface area contributed by atoms with Gasteiger partial charge in [-0.3, -0.25) is 9.78 Å². The first kappa shape index (κ1) is 17.1. The Labute approximate surface area is 156 Å². The van der Waals surface area contributed by atoms with E-state index in [-0.39, 0.29) is 18.8 Å². The molecule has 1 saturated heterocycles. The van der Waals surface area contributed by atoms with Gasteiger partial charge in [-0.1, -0.05) is 6.07 Å². The summed E-state index contributed by atoms with van der Waals surface area (Å²) in [6.07, 6.45) is 7.00. The quantitative estimate of drug-likeness (QED) is 0.745. The molecule has 2 aromatic rings. The first-order valence-corrected chi connectivity index (χ1v) is 8.60. The van der Waals surface area contributed by atoms with Crippen LogP contribution in [-0.4, -0.2) is 53.9 Å². The summed E-state index contributed by atoms with van der Waals surface area (Å²) in [7, 11) is 1.52. The second-order valence-corrected chi connectivity index (χ2v) is 6.16. The molecular weight excluding hydrogens is 350 g/mol. The van der Waals surface area contributed by atoms with E-state index in [2.05, 4.69) is 9.97 Å². The van der Waals surface area contributed by atoms with Crippen LogP contribution in [0.15, 0.2) is 36.7 Å². The van der Waals surface area contributed by atoms with Gasteiger partial charge in [0.25, 0.3) is 0 Å². The molecule has 2 aliphatic heterocycles. The molecule has 1 aromatic carbocycles. The van der Waals surface area contributed by atoms with Crippen LogP contribution < -0.4 is 18.9 Å². The number of carbonyl (C=O) groups is 1. The van der Waals surface area contributed by atoms with Crippen molar-refractivity contribution in [3.05, 3.63) is 42.2 Å². The van der Waals surface area contributed by atoms with Gasteiger partial charge in [0.15, 0.2) is 11.5 Å². The van der Waals surface area contributed by atoms with Crippen LogP contribution in [0.2, 0.25) is 0 Å². The molecule has 1 atom stereocenters. The minimum atomic E-state index is -0.116. The van der Waals surface area contributed by atoms with Gasteiger partial charge in [0.1, 0.15) is 6.10 Å². The Morgan fingerprint density at radius 3 is 3.00 bits per heavy atom. The van der Waals surface area contributed by atoms with E-state index >= 15 is 0 Å². The van der Waals surface area contributed by atoms with Crippen molar-refractivity contribution in [1.82, 2.24) is 14.9 Å². The number of methoxy groups -OCH3 is 1. The van der Waals surface area contributed by atoms with Gasteiger partial charge in [-0.2, -0.15) is 4.98 Å². The number of nitrogens with zero attached hydrogens (tertiary/aromatic N) is 3. The Hall–Kier alpha value is -3.29. The van der Waals surface area contributed by atoms with E-state index in [9.17, 15) is 4.79 Å². The number of benzene rings is 1. The molecule has 1 aromatic heterocycles. The van der Waals surface area contributed by atoms with E-state index in [0.717, 1.165) is 17.7 Å². The molecule has 27 heavy (non-hydrogen) atoms. The number of amides is 1. The number of aromatic nitrogens is 2. The van der Waals surface area contributed by atoms with Crippen LogP contribution in [0.25, 0.3) is 6.08 Å². The number of hydrogen-bond donors (Lipinski definition) is 0. The molecule has 0 radical (unpaired) electrons. The topological polar surface area (TPSA) is 83.0 Å². The van der Waals surface area contributed by atoms with Crippen LogP contribution in [-0.2, 0) is 4.79 Å². The summed E-state index contributed by atoms with van der Waals surface area (Å²) in [5.41, 5.74) is 0.881. The predicted molar refractivity (Wildman–Crippen MR) is 95.8 cm³/mol. The maximum atomic E-state index is 12.4. The third-order valence-corrected chi connectivity index (χ3v) is 4.36. The third kappa shape index (κ3) is 3.94. The zero-order valence-corrected chi connectivity index (χ0v) is 14.8. The Morgan fingerprint density at radius 1 is 1.26 bits per heavy atom. The van der Waals surface area contributed by atoms with Gasteiger partial charge in [-0.25, -0.2) is 0 Å². The van der Waals surface area contributed by atoms with Crippen LogP contribution in [0, 0.1) is 0 Å². The van der Waals surface area contributed by atoms with E-state index in [1.54, 1.807) is 17.1 Å². The van der Waals surface area contributed by atoms with Gasteiger partial charge in [0.2, 0.25) is 24.5 Å². The van der Waals surface area contributed by atoms with Crippen molar-refractivity contribution in [3.8, 4) is 23.3 Å². The number of likely N-dealkylation sites (tertiary alicyclic amines) is 1. The van der Waals surface area contributed by atoms with E-state index in [4.69, 9.17) is 18.9 Å². The van der Waals surface area contributed by atoms with E-state index in [1.807, 2.05) is 18.2 Å². The SMILES string of the molecule is COc1cncc(O[C@H]2CCN(C(=O)/C=C/c3ccc4c(c3)OCO4)C2)n1. The molecule has 0 spiro atoms. The maximum absolute atomic E-state index is 12.4. The van der Waals surface area contributed by atoms with Crippen LogP contribution in [0.4, 0.5) is 0 Å². The summed E-state index contributed by atoms with van der Waals surface area (Å²) >= 11 is 0. The van der Waals surface area contributed by atoms with Crippen molar-refractivity contribution in [3.63, 3.8) is 0 Å². The van der Waals surface area contributed by atoms with Crippen molar-refractivity contribution < 1.29 is 23.7 Å². The van der Waals surface area contributed by atoms with Crippen molar-refractivity contribution in [2.24, 2.45) is 0 Å². The van der Waals surface area contributed by atoms with E-state index in [0.29, 0.717) is 30.6 Å². The molecule has 0 bridgehead atoms. The lowest BCUT2D eigenvalue weighted by Gasteiger charge is -2.15. The van der Waals surface area contributed by atoms with Gasteiger partial charge >= 0.3 is 0 Å². The zero-order chi connectivity index (χ0) is 18.6. The fourth-order valence-electron chi connectivity index (χ4n) is 2.97. The number of carbonyl (C=O) groups excluding carboxylic acids is 1. The molecule has 1 fully saturated rings. The molecule has 140 valence electrons. The number of hydrogen-bond acceptors (Lipinski definition) is 7. The minimum absolute atomic E-state index is 0.0597. The summed E-state index contributed by atoms with van der Waals surface area (Å²) in [4.78, 5) is 22.4. The van der Waals surface area contributed by atoms with Crippen LogP contribution in [0.1, 0.15) is 12.0 Å². The first-order chi connectivity index (χ1) is 13.2. The summed E-state index contributed by atoms with van der Waals surface area (Å²) in [6, 6.07) is 5.57. The highest BCUT2D eigenvalue weighted by atomic mass is 16.7. The molecule has 0 aliphatic carbocycles. The fourth-order valence-corrected chi connectivity index (χ4v) is 2.97. The van der Waals surface area contributed by atoms with Crippen molar-refractivity contribution in [2.45, 2.75) is 12.5 Å². The highest BCUT2D eigenvalue weighted by molar-refractivity contribution is 5.92. The van der Waals surface area contributed by atoms with Crippen LogP contribution in [0.5, 0.6) is 23.3 Å². The summed E-state index contributed by atoms with van der Waals surface area (Å²) in [6.45, 7) is 1.36. The van der Waals surface area contributed by atoms with Crippen molar-refractivity contribution in [1.29, 1.82) is 0 Å². The van der Waals surface area contributed by atoms with Crippen LogP contribution >= 0.6 is 0 Å². The molecule has 2 aliphatic rings. The summed E-state index contributed by atoms with van der Waals surface area (Å²) < 4.78 is 21.5. The van der Waals surface area contributed by atoms with Crippen LogP contribution in [0.3, 0.4) is 0 Å². The molecular formula is C19H19N3O5. The lowest BCUT2D eigenvalue weighted by molar-refractivity contribution is -0.125. The Balaban J connectivity index is 1.33. The normalized spacial score (nSPS) is 18.1. The van der Waals surface area contributed by atoms with E-state index < -0.39 is 0 Å². The molecule has 0 unspecified atom stereocenters. The third-order valence-electron chi connectivity index (χ3n) is 4.36. The van der Waals surface area contributed by atoms with Gasteiger partial charge < -0.3 is 23.8 Å². The first-order valence-electron chi connectivity index (χ1n) is 8.60. The zero-order valence-electron chi connectivity index (χ0n) is 14.8. The molecule has 8 nitrogen and oxygen atoms in total. The highest BCUT2D eigenvalue weighted by Crippen LogP contribution is 2.32. The summed E-state index contributed by atoms with van der Waals surface area (Å²) in [5.74, 6) is 2.14. The fraction of sp³-hybridized carbons (Fsp3) is 0.316. The lowest BCUT2D eigenvalue weighted by Crippen LogP contribution is -2.29. The molecule has 8 heteroatoms. The average Bonchev–Trinajstić information content (AvgIpc) is 3.35.